The molecule has 21 heavy (non-hydrogen) atoms. The van der Waals surface area contributed by atoms with Crippen LogP contribution in [0, 0.1) is 0 Å². The number of rotatable bonds is 9. The summed E-state index contributed by atoms with van der Waals surface area (Å²) < 4.78 is 5.68. The van der Waals surface area contributed by atoms with Crippen molar-refractivity contribution in [3.05, 3.63) is 29.8 Å². The number of hydrogen-bond donors (Lipinski definition) is 3. The van der Waals surface area contributed by atoms with Crippen molar-refractivity contribution in [3.8, 4) is 5.75 Å². The fourth-order valence-corrected chi connectivity index (χ4v) is 2.63. The first-order chi connectivity index (χ1) is 10.2. The molecule has 0 bridgehead atoms. The molecule has 0 radical (unpaired) electrons. The molecule has 1 aliphatic rings. The van der Waals surface area contributed by atoms with Gasteiger partial charge in [-0.15, -0.1) is 0 Å². The largest absolute Gasteiger partial charge is 0.491 e. The molecule has 1 atom stereocenters. The second kappa shape index (κ2) is 8.34. The zero-order valence-corrected chi connectivity index (χ0v) is 12.4. The maximum absolute atomic E-state index is 10.2. The van der Waals surface area contributed by atoms with Crippen LogP contribution >= 0.6 is 0 Å². The maximum Gasteiger partial charge on any atom is 0.123 e. The summed E-state index contributed by atoms with van der Waals surface area (Å²) >= 11 is 0. The highest BCUT2D eigenvalue weighted by atomic mass is 16.5. The van der Waals surface area contributed by atoms with Crippen molar-refractivity contribution in [1.82, 2.24) is 4.90 Å². The van der Waals surface area contributed by atoms with E-state index in [-0.39, 0.29) is 13.2 Å². The molecule has 0 aliphatic heterocycles. The molecule has 1 aromatic rings. The first-order valence-corrected chi connectivity index (χ1v) is 7.68. The second-order valence-electron chi connectivity index (χ2n) is 5.58. The Hall–Kier alpha value is -1.14. The van der Waals surface area contributed by atoms with E-state index in [0.29, 0.717) is 25.7 Å². The zero-order valence-electron chi connectivity index (χ0n) is 12.4. The van der Waals surface area contributed by atoms with Crippen LogP contribution in [0.5, 0.6) is 5.75 Å². The van der Waals surface area contributed by atoms with Crippen molar-refractivity contribution in [2.45, 2.75) is 38.0 Å². The minimum Gasteiger partial charge on any atom is -0.491 e. The van der Waals surface area contributed by atoms with Crippen LogP contribution in [-0.4, -0.2) is 53.6 Å². The van der Waals surface area contributed by atoms with Gasteiger partial charge in [-0.1, -0.05) is 24.6 Å². The lowest BCUT2D eigenvalue weighted by Gasteiger charge is -2.38. The molecule has 118 valence electrons. The second-order valence-corrected chi connectivity index (χ2v) is 5.58. The third kappa shape index (κ3) is 4.68. The third-order valence-corrected chi connectivity index (χ3v) is 4.05. The standard InChI is InChI=1S/C16H26N2O3/c17-10-13-4-1-2-7-16(13)21-12-15(20)11-18(8-9-19)14-5-3-6-14/h1-2,4,7,14-15,19-20H,3,5-6,8-12,17H2. The molecule has 0 aromatic heterocycles. The number of benzene rings is 1. The normalized spacial score (nSPS) is 16.8. The molecule has 2 rings (SSSR count). The van der Waals surface area contributed by atoms with Crippen LogP contribution in [0.4, 0.5) is 0 Å². The van der Waals surface area contributed by atoms with Gasteiger partial charge in [0, 0.05) is 31.2 Å². The first-order valence-electron chi connectivity index (χ1n) is 7.68. The number of ether oxygens (including phenoxy) is 1. The van der Waals surface area contributed by atoms with Crippen molar-refractivity contribution in [1.29, 1.82) is 0 Å². The summed E-state index contributed by atoms with van der Waals surface area (Å²) in [6.07, 6.45) is 2.99. The van der Waals surface area contributed by atoms with E-state index in [1.54, 1.807) is 0 Å². The average Bonchev–Trinajstić information content (AvgIpc) is 2.44. The number of hydrogen-bond acceptors (Lipinski definition) is 5. The van der Waals surface area contributed by atoms with Gasteiger partial charge in [0.2, 0.25) is 0 Å². The van der Waals surface area contributed by atoms with Crippen molar-refractivity contribution < 1.29 is 14.9 Å². The Bertz CT molecular complexity index is 424. The maximum atomic E-state index is 10.2. The van der Waals surface area contributed by atoms with Crippen LogP contribution < -0.4 is 10.5 Å². The Labute approximate surface area is 126 Å². The molecule has 5 heteroatoms. The van der Waals surface area contributed by atoms with E-state index in [1.165, 1.54) is 6.42 Å². The molecule has 1 unspecified atom stereocenters. The topological polar surface area (TPSA) is 79.0 Å². The van der Waals surface area contributed by atoms with Crippen LogP contribution in [0.3, 0.4) is 0 Å². The Morgan fingerprint density at radius 2 is 2.10 bits per heavy atom. The highest BCUT2D eigenvalue weighted by Crippen LogP contribution is 2.24. The number of aliphatic hydroxyl groups excluding tert-OH is 2. The van der Waals surface area contributed by atoms with Gasteiger partial charge in [0.1, 0.15) is 18.5 Å². The van der Waals surface area contributed by atoms with Gasteiger partial charge in [-0.05, 0) is 18.9 Å². The summed E-state index contributed by atoms with van der Waals surface area (Å²) in [6.45, 7) is 1.94. The van der Waals surface area contributed by atoms with E-state index in [9.17, 15) is 5.11 Å². The van der Waals surface area contributed by atoms with Crippen molar-refractivity contribution in [3.63, 3.8) is 0 Å². The van der Waals surface area contributed by atoms with Gasteiger partial charge < -0.3 is 20.7 Å². The van der Waals surface area contributed by atoms with Crippen molar-refractivity contribution in [2.75, 3.05) is 26.3 Å². The molecule has 1 aliphatic carbocycles. The summed E-state index contributed by atoms with van der Waals surface area (Å²) in [7, 11) is 0. The quantitative estimate of drug-likeness (QED) is 0.626. The van der Waals surface area contributed by atoms with Gasteiger partial charge in [0.25, 0.3) is 0 Å². The number of nitrogens with zero attached hydrogens (tertiary/aromatic N) is 1. The van der Waals surface area contributed by atoms with E-state index in [0.717, 1.165) is 24.2 Å². The molecule has 1 fully saturated rings. The lowest BCUT2D eigenvalue weighted by molar-refractivity contribution is 0.0256. The Balaban J connectivity index is 1.81. The molecule has 0 amide bonds. The van der Waals surface area contributed by atoms with Crippen molar-refractivity contribution in [2.24, 2.45) is 5.73 Å². The predicted molar refractivity (Wildman–Crippen MR) is 82.1 cm³/mol. The lowest BCUT2D eigenvalue weighted by atomic mass is 9.91. The summed E-state index contributed by atoms with van der Waals surface area (Å²) in [6, 6.07) is 8.11. The molecule has 4 N–H and O–H groups in total. The molecule has 5 nitrogen and oxygen atoms in total. The van der Waals surface area contributed by atoms with Gasteiger partial charge in [-0.25, -0.2) is 0 Å². The van der Waals surface area contributed by atoms with Gasteiger partial charge in [0.05, 0.1) is 6.61 Å². The number of nitrogens with two attached hydrogens (primary N) is 1. The van der Waals surface area contributed by atoms with Crippen LogP contribution in [-0.2, 0) is 6.54 Å². The highest BCUT2D eigenvalue weighted by molar-refractivity contribution is 5.32. The average molecular weight is 294 g/mol. The first kappa shape index (κ1) is 16.2. The third-order valence-electron chi connectivity index (χ3n) is 4.05. The molecule has 0 saturated heterocycles. The van der Waals surface area contributed by atoms with Crippen LogP contribution in [0.2, 0.25) is 0 Å². The van der Waals surface area contributed by atoms with Crippen LogP contribution in [0.15, 0.2) is 24.3 Å². The van der Waals surface area contributed by atoms with Crippen LogP contribution in [0.1, 0.15) is 24.8 Å². The van der Waals surface area contributed by atoms with E-state index < -0.39 is 6.10 Å². The van der Waals surface area contributed by atoms with Crippen molar-refractivity contribution >= 4 is 0 Å². The fraction of sp³-hybridized carbons (Fsp3) is 0.625. The van der Waals surface area contributed by atoms with E-state index in [4.69, 9.17) is 15.6 Å². The number of para-hydroxylation sites is 1. The lowest BCUT2D eigenvalue weighted by Crippen LogP contribution is -2.46. The summed E-state index contributed by atoms with van der Waals surface area (Å²) in [4.78, 5) is 2.16. The predicted octanol–water partition coefficient (Wildman–Crippen LogP) is 0.732. The highest BCUT2D eigenvalue weighted by Gasteiger charge is 2.26. The monoisotopic (exact) mass is 294 g/mol. The van der Waals surface area contributed by atoms with Gasteiger partial charge in [-0.3, -0.25) is 4.90 Å². The smallest absolute Gasteiger partial charge is 0.123 e. The Kier molecular flexibility index (Phi) is 6.45. The van der Waals surface area contributed by atoms with Gasteiger partial charge >= 0.3 is 0 Å². The Morgan fingerprint density at radius 1 is 1.33 bits per heavy atom. The zero-order chi connectivity index (χ0) is 15.1. The summed E-state index contributed by atoms with van der Waals surface area (Å²) in [5, 5.41) is 19.3. The SMILES string of the molecule is NCc1ccccc1OCC(O)CN(CCO)C1CCC1. The van der Waals surface area contributed by atoms with E-state index >= 15 is 0 Å². The summed E-state index contributed by atoms with van der Waals surface area (Å²) in [5.41, 5.74) is 6.60. The molecule has 1 aromatic carbocycles. The minimum atomic E-state index is -0.567. The summed E-state index contributed by atoms with van der Waals surface area (Å²) in [5.74, 6) is 0.733. The van der Waals surface area contributed by atoms with Gasteiger partial charge in [-0.2, -0.15) is 0 Å². The molecular formula is C16H26N2O3. The fourth-order valence-electron chi connectivity index (χ4n) is 2.63. The molecule has 0 spiro atoms. The Morgan fingerprint density at radius 3 is 2.71 bits per heavy atom. The molecular weight excluding hydrogens is 268 g/mol. The van der Waals surface area contributed by atoms with E-state index in [2.05, 4.69) is 4.90 Å². The van der Waals surface area contributed by atoms with Gasteiger partial charge in [0.15, 0.2) is 0 Å². The molecule has 0 heterocycles. The molecule has 1 saturated carbocycles. The minimum absolute atomic E-state index is 0.125. The van der Waals surface area contributed by atoms with Crippen LogP contribution in [0.25, 0.3) is 0 Å². The van der Waals surface area contributed by atoms with E-state index in [1.807, 2.05) is 24.3 Å². The number of aliphatic hydroxyl groups is 2.